The Morgan fingerprint density at radius 3 is 3.00 bits per heavy atom. The molecule has 0 bridgehead atoms. The molecule has 0 amide bonds. The Labute approximate surface area is 45.1 Å². The minimum atomic E-state index is -0.417. The van der Waals surface area contributed by atoms with Gasteiger partial charge >= 0.3 is 0 Å². The second kappa shape index (κ2) is 2.12. The van der Waals surface area contributed by atoms with E-state index in [0.29, 0.717) is 0 Å². The zero-order valence-electron chi connectivity index (χ0n) is 5.17. The molecule has 0 heterocycles. The molecule has 2 atom stereocenters. The summed E-state index contributed by atoms with van der Waals surface area (Å²) in [6, 6.07) is 0. The first-order chi connectivity index (χ1) is 3.80. The van der Waals surface area contributed by atoms with Crippen LogP contribution < -0.4 is 0 Å². The van der Waals surface area contributed by atoms with Crippen molar-refractivity contribution in [2.75, 3.05) is 0 Å². The Kier molecular flexibility index (Phi) is 1.11. The quantitative estimate of drug-likeness (QED) is 0.451. The first-order valence-electron chi connectivity index (χ1n) is 3.15. The minimum absolute atomic E-state index is 0.372. The Morgan fingerprint density at radius 1 is 1.71 bits per heavy atom. The molecule has 1 N–H and O–H groups in total. The molecule has 40 valence electrons. The lowest BCUT2D eigenvalue weighted by molar-refractivity contribution is 0.164. The molecule has 0 saturated carbocycles. The molecule has 1 rings (SSSR count). The van der Waals surface area contributed by atoms with Crippen molar-refractivity contribution in [3.63, 3.8) is 0 Å². The molecule has 7 heavy (non-hydrogen) atoms. The fraction of sp³-hybridized carbons (Fsp3) is 0.667. The van der Waals surface area contributed by atoms with Crippen molar-refractivity contribution in [1.82, 2.24) is 0 Å². The van der Waals surface area contributed by atoms with Crippen molar-refractivity contribution in [3.05, 3.63) is 12.2 Å². The van der Waals surface area contributed by atoms with Crippen LogP contribution in [0.3, 0.4) is 0 Å². The van der Waals surface area contributed by atoms with Crippen LogP contribution in [-0.4, -0.2) is 11.2 Å². The molecule has 0 aromatic rings. The van der Waals surface area contributed by atoms with Gasteiger partial charge in [-0.15, -0.1) is 0 Å². The highest BCUT2D eigenvalue weighted by Gasteiger charge is 2.02. The van der Waals surface area contributed by atoms with Gasteiger partial charge in [-0.2, -0.15) is 0 Å². The molecule has 0 aliphatic heterocycles. The summed E-state index contributed by atoms with van der Waals surface area (Å²) in [6.07, 6.45) is 4.59. The van der Waals surface area contributed by atoms with Crippen LogP contribution in [0.5, 0.6) is 0 Å². The minimum Gasteiger partial charge on any atom is -0.393 e. The van der Waals surface area contributed by atoms with E-state index in [9.17, 15) is 0 Å². The Morgan fingerprint density at radius 2 is 2.57 bits per heavy atom. The van der Waals surface area contributed by atoms with E-state index in [1.165, 1.54) is 0 Å². The van der Waals surface area contributed by atoms with Crippen LogP contribution in [0.1, 0.15) is 20.6 Å². The molecule has 1 aliphatic rings. The lowest BCUT2D eigenvalue weighted by Crippen LogP contribution is -2.06. The molecule has 1 heteroatoms. The number of rotatable bonds is 0. The van der Waals surface area contributed by atoms with Crippen molar-refractivity contribution in [3.8, 4) is 0 Å². The number of allylic oxidation sites excluding steroid dienone is 1. The van der Waals surface area contributed by atoms with Crippen LogP contribution in [0, 0.1) is 0 Å². The summed E-state index contributed by atoms with van der Waals surface area (Å²) in [7, 11) is 0. The van der Waals surface area contributed by atoms with Crippen LogP contribution in [0.15, 0.2) is 12.2 Å². The molecule has 1 unspecified atom stereocenters. The lowest BCUT2D eigenvalue weighted by Gasteiger charge is -2.08. The number of hydrogen-bond donors (Lipinski definition) is 1. The molecule has 0 fully saturated rings. The average molecular weight is 99.2 g/mol. The molecule has 1 nitrogen and oxygen atoms in total. The number of hydrogen-bond acceptors (Lipinski definition) is 1. The topological polar surface area (TPSA) is 20.2 Å². The first kappa shape index (κ1) is 3.67. The van der Waals surface area contributed by atoms with E-state index in [1.807, 2.05) is 6.08 Å². The normalized spacial score (nSPS) is 43.3. The predicted octanol–water partition coefficient (Wildman–Crippen LogP) is 1.09. The van der Waals surface area contributed by atoms with Crippen molar-refractivity contribution < 1.29 is 6.48 Å². The molecule has 1 aliphatic carbocycles. The van der Waals surface area contributed by atoms with Gasteiger partial charge in [-0.3, -0.25) is 0 Å². The first-order valence-corrected chi connectivity index (χ1v) is 2.57. The maximum Gasteiger partial charge on any atom is 0.0577 e. The van der Waals surface area contributed by atoms with E-state index < -0.39 is 6.10 Å². The van der Waals surface area contributed by atoms with E-state index in [-0.39, 0.29) is 6.40 Å². The highest BCUT2D eigenvalue weighted by atomic mass is 16.3. The van der Waals surface area contributed by atoms with Gasteiger partial charge in [-0.1, -0.05) is 12.2 Å². The summed E-state index contributed by atoms with van der Waals surface area (Å²) >= 11 is 0. The van der Waals surface area contributed by atoms with Gasteiger partial charge < -0.3 is 5.11 Å². The summed E-state index contributed by atoms with van der Waals surface area (Å²) in [5.74, 6) is 0. The van der Waals surface area contributed by atoms with E-state index in [2.05, 4.69) is 0 Å². The third-order valence-electron chi connectivity index (χ3n) is 1.10. The fourth-order valence-electron chi connectivity index (χ4n) is 0.666. The van der Waals surface area contributed by atoms with Crippen LogP contribution in [0.2, 0.25) is 0 Å². The SMILES string of the molecule is [2H]C1C=CCC[C@H]1O. The van der Waals surface area contributed by atoms with Gasteiger partial charge in [0.1, 0.15) is 0 Å². The second-order valence-corrected chi connectivity index (χ2v) is 1.77. The number of aliphatic hydroxyl groups excluding tert-OH is 1. The standard InChI is InChI=1S/C6H10O/c7-6-4-2-1-3-5-6/h1-2,6-7H,3-5H2/t6-/m0/s1/i4D/t4?,6-. The predicted molar refractivity (Wildman–Crippen MR) is 29.0 cm³/mol. The zero-order valence-corrected chi connectivity index (χ0v) is 4.17. The van der Waals surface area contributed by atoms with Crippen LogP contribution in [0.4, 0.5) is 0 Å². The highest BCUT2D eigenvalue weighted by Crippen LogP contribution is 2.08. The van der Waals surface area contributed by atoms with E-state index in [0.717, 1.165) is 12.8 Å². The van der Waals surface area contributed by atoms with Crippen LogP contribution >= 0.6 is 0 Å². The van der Waals surface area contributed by atoms with Gasteiger partial charge in [0.2, 0.25) is 0 Å². The molecular weight excluding hydrogens is 88.1 g/mol. The molecule has 0 radical (unpaired) electrons. The van der Waals surface area contributed by atoms with Gasteiger partial charge in [-0.25, -0.2) is 0 Å². The smallest absolute Gasteiger partial charge is 0.0577 e. The third kappa shape index (κ3) is 1.32. The maximum atomic E-state index is 8.94. The number of aliphatic hydroxyl groups is 1. The highest BCUT2D eigenvalue weighted by molar-refractivity contribution is 4.89. The Bertz CT molecular complexity index is 101. The summed E-state index contributed by atoms with van der Waals surface area (Å²) in [5.41, 5.74) is 0. The third-order valence-corrected chi connectivity index (χ3v) is 1.10. The molecule has 0 aromatic heterocycles. The van der Waals surface area contributed by atoms with Crippen molar-refractivity contribution in [1.29, 1.82) is 0 Å². The lowest BCUT2D eigenvalue weighted by atomic mass is 10.1. The fourth-order valence-corrected chi connectivity index (χ4v) is 0.666. The van der Waals surface area contributed by atoms with Gasteiger partial charge in [-0.05, 0) is 19.2 Å². The summed E-state index contributed by atoms with van der Waals surface area (Å²) in [6.45, 7) is 0. The molecule has 0 spiro atoms. The summed E-state index contributed by atoms with van der Waals surface area (Å²) < 4.78 is 7.14. The largest absolute Gasteiger partial charge is 0.393 e. The van der Waals surface area contributed by atoms with E-state index >= 15 is 0 Å². The molecule has 0 aromatic carbocycles. The van der Waals surface area contributed by atoms with Gasteiger partial charge in [0, 0.05) is 1.37 Å². The van der Waals surface area contributed by atoms with Crippen LogP contribution in [-0.2, 0) is 0 Å². The molecule has 0 saturated heterocycles. The van der Waals surface area contributed by atoms with Gasteiger partial charge in [0.25, 0.3) is 0 Å². The Hall–Kier alpha value is -0.300. The average Bonchev–Trinajstić information content (AvgIpc) is 1.77. The van der Waals surface area contributed by atoms with Crippen molar-refractivity contribution in [2.45, 2.75) is 25.3 Å². The van der Waals surface area contributed by atoms with Crippen LogP contribution in [0.25, 0.3) is 0 Å². The zero-order chi connectivity index (χ0) is 5.98. The van der Waals surface area contributed by atoms with E-state index in [4.69, 9.17) is 6.48 Å². The van der Waals surface area contributed by atoms with Crippen molar-refractivity contribution >= 4 is 0 Å². The van der Waals surface area contributed by atoms with Gasteiger partial charge in [0.05, 0.1) is 6.10 Å². The Balaban J connectivity index is 2.47. The molecular formula is C6H10O. The maximum absolute atomic E-state index is 8.94. The summed E-state index contributed by atoms with van der Waals surface area (Å²) in [5, 5.41) is 8.94. The van der Waals surface area contributed by atoms with Crippen molar-refractivity contribution in [2.24, 2.45) is 0 Å². The monoisotopic (exact) mass is 99.1 g/mol. The summed E-state index contributed by atoms with van der Waals surface area (Å²) in [4.78, 5) is 0. The van der Waals surface area contributed by atoms with Gasteiger partial charge in [0.15, 0.2) is 0 Å². The second-order valence-electron chi connectivity index (χ2n) is 1.77. The van der Waals surface area contributed by atoms with E-state index in [1.54, 1.807) is 6.08 Å².